The first kappa shape index (κ1) is 23.7. The smallest absolute Gasteiger partial charge is 0.258 e. The highest BCUT2D eigenvalue weighted by Gasteiger charge is 2.30. The first-order chi connectivity index (χ1) is 15.9. The van der Waals surface area contributed by atoms with Gasteiger partial charge in [-0.25, -0.2) is 4.68 Å². The van der Waals surface area contributed by atoms with Crippen molar-refractivity contribution in [3.8, 4) is 17.1 Å². The van der Waals surface area contributed by atoms with Gasteiger partial charge in [-0.05, 0) is 64.5 Å². The molecule has 178 valence electrons. The minimum absolute atomic E-state index is 0.0287. The Morgan fingerprint density at radius 2 is 2.12 bits per heavy atom. The highest BCUT2D eigenvalue weighted by Crippen LogP contribution is 2.41. The second-order valence-corrected chi connectivity index (χ2v) is 10.3. The molecule has 1 aliphatic carbocycles. The molecule has 8 nitrogen and oxygen atoms in total. The van der Waals surface area contributed by atoms with Crippen LogP contribution in [-0.4, -0.2) is 56.2 Å². The Morgan fingerprint density at radius 1 is 1.33 bits per heavy atom. The van der Waals surface area contributed by atoms with Crippen LogP contribution in [0.3, 0.4) is 0 Å². The third kappa shape index (κ3) is 5.57. The maximum atomic E-state index is 13.3. The molecule has 1 amide bonds. The standard InChI is InChI=1S/C24H33BrN6O2/c1-5-26-24-29-22(32)18-11-16(3)28-21(12-18)20-13-27-31(19-8-9-19)23(20)33-10-6-7-15(2)14-30(24)17(4)25/h11-13,15,17,19H,5-10,14H2,1-4H3,(H,26,29,32)/t15-,17?/m1/s1. The van der Waals surface area contributed by atoms with Crippen LogP contribution in [0, 0.1) is 12.8 Å². The molecule has 4 rings (SSSR count). The monoisotopic (exact) mass is 516 g/mol. The van der Waals surface area contributed by atoms with Crippen molar-refractivity contribution in [1.29, 1.82) is 0 Å². The second-order valence-electron chi connectivity index (χ2n) is 9.00. The number of ether oxygens (including phenoxy) is 1. The van der Waals surface area contributed by atoms with Gasteiger partial charge in [0.1, 0.15) is 0 Å². The molecule has 1 aliphatic heterocycles. The van der Waals surface area contributed by atoms with Crippen LogP contribution in [0.1, 0.15) is 68.5 Å². The number of rotatable bonds is 3. The van der Waals surface area contributed by atoms with Gasteiger partial charge in [-0.15, -0.1) is 0 Å². The summed E-state index contributed by atoms with van der Waals surface area (Å²) < 4.78 is 8.28. The summed E-state index contributed by atoms with van der Waals surface area (Å²) in [7, 11) is 0. The van der Waals surface area contributed by atoms with Crippen molar-refractivity contribution in [2.24, 2.45) is 10.9 Å². The summed E-state index contributed by atoms with van der Waals surface area (Å²) in [6.07, 6.45) is 5.98. The maximum absolute atomic E-state index is 13.3. The molecule has 0 spiro atoms. The summed E-state index contributed by atoms with van der Waals surface area (Å²) >= 11 is 3.69. The number of nitrogens with zero attached hydrogens (tertiary/aromatic N) is 5. The predicted molar refractivity (Wildman–Crippen MR) is 133 cm³/mol. The van der Waals surface area contributed by atoms with Crippen LogP contribution in [0.15, 0.2) is 23.3 Å². The Hall–Kier alpha value is -2.42. The number of alkyl halides is 1. The van der Waals surface area contributed by atoms with Gasteiger partial charge in [-0.1, -0.05) is 22.9 Å². The van der Waals surface area contributed by atoms with Gasteiger partial charge in [0.15, 0.2) is 0 Å². The molecule has 1 fully saturated rings. The zero-order chi connectivity index (χ0) is 23.5. The molecule has 0 saturated heterocycles. The fourth-order valence-corrected chi connectivity index (χ4v) is 4.50. The number of carbonyl (C=O) groups is 1. The minimum atomic E-state index is -0.202. The molecule has 2 aromatic rings. The first-order valence-corrected chi connectivity index (χ1v) is 12.7. The zero-order valence-corrected chi connectivity index (χ0v) is 21.4. The van der Waals surface area contributed by atoms with Gasteiger partial charge < -0.3 is 9.64 Å². The lowest BCUT2D eigenvalue weighted by Crippen LogP contribution is -2.48. The van der Waals surface area contributed by atoms with E-state index in [1.165, 1.54) is 0 Å². The number of amides is 1. The number of guanidine groups is 1. The molecule has 0 aromatic carbocycles. The maximum Gasteiger partial charge on any atom is 0.258 e. The van der Waals surface area contributed by atoms with E-state index in [1.807, 2.05) is 30.8 Å². The largest absolute Gasteiger partial charge is 0.477 e. The summed E-state index contributed by atoms with van der Waals surface area (Å²) in [5.74, 6) is 1.54. The van der Waals surface area contributed by atoms with E-state index in [0.717, 1.165) is 49.4 Å². The number of fused-ring (bicyclic) bond motifs is 4. The lowest BCUT2D eigenvalue weighted by Gasteiger charge is -2.31. The fraction of sp³-hybridized carbons (Fsp3) is 0.583. The third-order valence-electron chi connectivity index (χ3n) is 5.96. The molecule has 0 radical (unpaired) electrons. The lowest BCUT2D eigenvalue weighted by atomic mass is 10.1. The molecular weight excluding hydrogens is 484 g/mol. The van der Waals surface area contributed by atoms with Gasteiger partial charge in [-0.2, -0.15) is 5.10 Å². The SMILES string of the molecule is CCN=C1NC(=O)c2cc(C)nc(c2)-c2cnn(C3CC3)c2OCCC[C@@H](C)CN1C(C)Br. The Morgan fingerprint density at radius 3 is 2.82 bits per heavy atom. The molecule has 2 aromatic heterocycles. The van der Waals surface area contributed by atoms with E-state index in [-0.39, 0.29) is 10.9 Å². The Bertz CT molecular complexity index is 1030. The quantitative estimate of drug-likeness (QED) is 0.477. The van der Waals surface area contributed by atoms with Crippen LogP contribution in [0.4, 0.5) is 0 Å². The number of halogens is 1. The Labute approximate surface area is 203 Å². The second kappa shape index (κ2) is 10.2. The Balaban J connectivity index is 1.75. The van der Waals surface area contributed by atoms with Crippen molar-refractivity contribution in [3.63, 3.8) is 0 Å². The minimum Gasteiger partial charge on any atom is -0.477 e. The van der Waals surface area contributed by atoms with Crippen LogP contribution >= 0.6 is 15.9 Å². The summed E-state index contributed by atoms with van der Waals surface area (Å²) in [5.41, 5.74) is 2.84. The van der Waals surface area contributed by atoms with Gasteiger partial charge in [0.25, 0.3) is 5.91 Å². The topological polar surface area (TPSA) is 84.6 Å². The molecule has 33 heavy (non-hydrogen) atoms. The summed E-state index contributed by atoms with van der Waals surface area (Å²) in [6, 6.07) is 4.01. The zero-order valence-electron chi connectivity index (χ0n) is 19.8. The van der Waals surface area contributed by atoms with E-state index in [2.05, 4.69) is 50.1 Å². The van der Waals surface area contributed by atoms with Gasteiger partial charge in [0.05, 0.1) is 35.1 Å². The van der Waals surface area contributed by atoms with E-state index in [9.17, 15) is 4.79 Å². The summed E-state index contributed by atoms with van der Waals surface area (Å²) in [4.78, 5) is 24.8. The molecule has 2 atom stereocenters. The van der Waals surface area contributed by atoms with Crippen molar-refractivity contribution in [2.45, 2.75) is 64.4 Å². The molecular formula is C24H33BrN6O2. The number of aliphatic imine (C=N–C) groups is 1. The molecule has 3 heterocycles. The molecule has 1 unspecified atom stereocenters. The summed E-state index contributed by atoms with van der Waals surface area (Å²) in [5, 5.41) is 7.67. The number of pyridine rings is 1. The van der Waals surface area contributed by atoms with Crippen LogP contribution in [0.2, 0.25) is 0 Å². The van der Waals surface area contributed by atoms with Gasteiger partial charge in [0.2, 0.25) is 11.8 Å². The lowest BCUT2D eigenvalue weighted by molar-refractivity contribution is 0.0971. The average molecular weight is 517 g/mol. The summed E-state index contributed by atoms with van der Waals surface area (Å²) in [6.45, 7) is 10.1. The van der Waals surface area contributed by atoms with Crippen molar-refractivity contribution in [3.05, 3.63) is 29.6 Å². The third-order valence-corrected chi connectivity index (χ3v) is 6.45. The number of hydrogen-bond donors (Lipinski definition) is 1. The van der Waals surface area contributed by atoms with E-state index in [0.29, 0.717) is 42.3 Å². The van der Waals surface area contributed by atoms with Gasteiger partial charge >= 0.3 is 0 Å². The molecule has 2 aliphatic rings. The van der Waals surface area contributed by atoms with E-state index < -0.39 is 0 Å². The highest BCUT2D eigenvalue weighted by atomic mass is 79.9. The van der Waals surface area contributed by atoms with Gasteiger partial charge in [0, 0.05) is 24.3 Å². The number of aryl methyl sites for hydroxylation is 1. The molecule has 1 saturated carbocycles. The fourth-order valence-electron chi connectivity index (χ4n) is 4.14. The van der Waals surface area contributed by atoms with E-state index in [4.69, 9.17) is 9.72 Å². The van der Waals surface area contributed by atoms with E-state index in [1.54, 1.807) is 6.07 Å². The van der Waals surface area contributed by atoms with Crippen molar-refractivity contribution in [1.82, 2.24) is 25.0 Å². The van der Waals surface area contributed by atoms with Crippen LogP contribution in [0.25, 0.3) is 11.3 Å². The van der Waals surface area contributed by atoms with Crippen molar-refractivity contribution < 1.29 is 9.53 Å². The highest BCUT2D eigenvalue weighted by molar-refractivity contribution is 9.09. The van der Waals surface area contributed by atoms with E-state index >= 15 is 0 Å². The first-order valence-electron chi connectivity index (χ1n) is 11.8. The molecule has 2 bridgehead atoms. The number of nitrogens with one attached hydrogen (secondary N) is 1. The van der Waals surface area contributed by atoms with Crippen molar-refractivity contribution in [2.75, 3.05) is 19.7 Å². The van der Waals surface area contributed by atoms with Gasteiger partial charge in [-0.3, -0.25) is 20.1 Å². The van der Waals surface area contributed by atoms with Crippen LogP contribution < -0.4 is 10.1 Å². The Kier molecular flexibility index (Phi) is 7.36. The molecule has 9 heteroatoms. The predicted octanol–water partition coefficient (Wildman–Crippen LogP) is 4.55. The number of aromatic nitrogens is 3. The normalized spacial score (nSPS) is 22.1. The van der Waals surface area contributed by atoms with Crippen LogP contribution in [0.5, 0.6) is 5.88 Å². The average Bonchev–Trinajstić information content (AvgIpc) is 3.53. The van der Waals surface area contributed by atoms with Crippen LogP contribution in [-0.2, 0) is 0 Å². The van der Waals surface area contributed by atoms with Crippen molar-refractivity contribution >= 4 is 27.8 Å². The number of carbonyl (C=O) groups excluding carboxylic acids is 1. The number of hydrogen-bond acceptors (Lipinski definition) is 5. The molecule has 1 N–H and O–H groups in total.